The largest absolute Gasteiger partial charge is 0.575 e. The topological polar surface area (TPSA) is 233 Å². The molecule has 6 atom stereocenters. The Morgan fingerprint density at radius 3 is 2.79 bits per heavy atom. The molecule has 1 saturated heterocycles. The summed E-state index contributed by atoms with van der Waals surface area (Å²) in [5.41, 5.74) is 5.17. The van der Waals surface area contributed by atoms with Gasteiger partial charge in [0.1, 0.15) is 24.4 Å². The number of rotatable bonds is 9. The number of methoxy groups -OCH3 is 1. The molecule has 0 spiro atoms. The number of pyridine rings is 1. The maximum Gasteiger partial charge on any atom is 0.395 e. The summed E-state index contributed by atoms with van der Waals surface area (Å²) in [6.45, 7) is 2.58. The number of anilines is 1. The number of nitrogen functional groups attached to an aromatic ring is 1. The summed E-state index contributed by atoms with van der Waals surface area (Å²) >= 11 is 1.95. The molecule has 0 bridgehead atoms. The number of nitrogens with zero attached hydrogens (tertiary/aromatic N) is 6. The van der Waals surface area contributed by atoms with Crippen LogP contribution in [0.1, 0.15) is 20.1 Å². The number of hydrogen-bond acceptors (Lipinski definition) is 14. The average molecular weight is 713 g/mol. The molecule has 1 aliphatic rings. The summed E-state index contributed by atoms with van der Waals surface area (Å²) in [5, 5.41) is 31.8. The minimum atomic E-state index is -2.58. The summed E-state index contributed by atoms with van der Waals surface area (Å²) in [6, 6.07) is 6.80. The third kappa shape index (κ3) is 5.75. The molecule has 5 rings (SSSR count). The van der Waals surface area contributed by atoms with E-state index in [0.717, 1.165) is 0 Å². The van der Waals surface area contributed by atoms with Crippen molar-refractivity contribution in [3.8, 4) is 17.5 Å². The van der Waals surface area contributed by atoms with E-state index in [4.69, 9.17) is 29.6 Å². The smallest absolute Gasteiger partial charge is 0.395 e. The molecule has 5 N–H and O–H groups in total. The number of hydrogen-bond donors (Lipinski definition) is 4. The van der Waals surface area contributed by atoms with Crippen LogP contribution in [0, 0.1) is 3.83 Å². The van der Waals surface area contributed by atoms with Crippen molar-refractivity contribution in [2.75, 3.05) is 19.5 Å². The van der Waals surface area contributed by atoms with Crippen molar-refractivity contribution in [1.29, 1.82) is 0 Å². The molecule has 0 saturated carbocycles. The normalized spacial score (nSPS) is 23.3. The third-order valence-corrected chi connectivity index (χ3v) is 8.17. The Balaban J connectivity index is 1.31. The van der Waals surface area contributed by atoms with Crippen molar-refractivity contribution in [3.05, 3.63) is 34.2 Å². The van der Waals surface area contributed by atoms with Gasteiger partial charge in [-0.2, -0.15) is 9.97 Å². The summed E-state index contributed by atoms with van der Waals surface area (Å²) in [4.78, 5) is 40.0. The van der Waals surface area contributed by atoms with Gasteiger partial charge < -0.3 is 40.2 Å². The van der Waals surface area contributed by atoms with Crippen molar-refractivity contribution >= 4 is 64.7 Å². The number of nitrogens with two attached hydrogens (primary N) is 1. The van der Waals surface area contributed by atoms with Gasteiger partial charge in [-0.3, -0.25) is 9.09 Å². The molecule has 16 nitrogen and oxygen atoms in total. The number of carbonyl (C=O) groups is 1. The molecular formula is C24H25IN7O9P. The van der Waals surface area contributed by atoms with Gasteiger partial charge in [-0.1, -0.05) is 4.74 Å². The van der Waals surface area contributed by atoms with Crippen LogP contribution in [0.4, 0.5) is 5.95 Å². The number of aliphatic hydroxyl groups is 2. The lowest BCUT2D eigenvalue weighted by Gasteiger charge is -2.27. The zero-order valence-corrected chi connectivity index (χ0v) is 25.3. The van der Waals surface area contributed by atoms with E-state index in [1.165, 1.54) is 31.6 Å². The molecule has 2 unspecified atom stereocenters. The van der Waals surface area contributed by atoms with Crippen molar-refractivity contribution < 1.29 is 43.7 Å². The summed E-state index contributed by atoms with van der Waals surface area (Å²) < 4.78 is 27.9. The van der Waals surface area contributed by atoms with Crippen LogP contribution in [0.25, 0.3) is 22.1 Å². The predicted molar refractivity (Wildman–Crippen MR) is 154 cm³/mol. The first kappa shape index (κ1) is 30.0. The summed E-state index contributed by atoms with van der Waals surface area (Å²) in [6.07, 6.45) is -3.41. The number of halogens is 1. The predicted octanol–water partition coefficient (Wildman–Crippen LogP) is 1.37. The van der Waals surface area contributed by atoms with Crippen LogP contribution in [0.5, 0.6) is 17.5 Å². The van der Waals surface area contributed by atoms with E-state index < -0.39 is 44.2 Å². The third-order valence-electron chi connectivity index (χ3n) is 6.50. The number of ether oxygens (including phenoxy) is 3. The van der Waals surface area contributed by atoms with Gasteiger partial charge in [0.2, 0.25) is 17.7 Å². The molecule has 4 aromatic rings. The molecular weight excluding hydrogens is 688 g/mol. The Bertz CT molecular complexity index is 1700. The molecule has 4 heterocycles. The van der Waals surface area contributed by atoms with Crippen LogP contribution in [0.15, 0.2) is 35.1 Å². The number of fused-ring (bicyclic) bond motifs is 2. The Kier molecular flexibility index (Phi) is 8.32. The first-order chi connectivity index (χ1) is 19.9. The second-order valence-electron chi connectivity index (χ2n) is 9.49. The van der Waals surface area contributed by atoms with Gasteiger partial charge in [0.05, 0.1) is 12.6 Å². The molecule has 18 heteroatoms. The second kappa shape index (κ2) is 11.7. The maximum atomic E-state index is 12.0. The zero-order valence-electron chi connectivity index (χ0n) is 22.3. The van der Waals surface area contributed by atoms with Crippen LogP contribution < -0.4 is 24.6 Å². The van der Waals surface area contributed by atoms with Crippen LogP contribution in [0.2, 0.25) is 0 Å². The summed E-state index contributed by atoms with van der Waals surface area (Å²) in [7, 11) is -1.16. The van der Waals surface area contributed by atoms with Gasteiger partial charge in [0, 0.05) is 34.0 Å². The monoisotopic (exact) mass is 713 g/mol. The molecule has 3 aromatic heterocycles. The van der Waals surface area contributed by atoms with Gasteiger partial charge in [-0.15, -0.1) is 0 Å². The molecule has 222 valence electrons. The number of carboxylic acid groups (broad SMARTS) is 1. The van der Waals surface area contributed by atoms with E-state index in [1.807, 2.05) is 22.6 Å². The molecule has 1 aliphatic heterocycles. The van der Waals surface area contributed by atoms with E-state index in [1.54, 1.807) is 24.3 Å². The fourth-order valence-corrected chi connectivity index (χ4v) is 5.78. The molecule has 1 fully saturated rings. The fraction of sp³-hybridized carbons (Fsp3) is 0.375. The Labute approximate surface area is 252 Å². The van der Waals surface area contributed by atoms with Crippen LogP contribution in [0.3, 0.4) is 0 Å². The van der Waals surface area contributed by atoms with Crippen molar-refractivity contribution in [2.24, 2.45) is 4.74 Å². The van der Waals surface area contributed by atoms with Crippen LogP contribution in [-0.2, 0) is 9.53 Å². The Hall–Kier alpha value is -3.48. The molecule has 0 aliphatic carbocycles. The van der Waals surface area contributed by atoms with E-state index in [2.05, 4.69) is 24.7 Å². The minimum Gasteiger partial charge on any atom is -0.575 e. The van der Waals surface area contributed by atoms with Gasteiger partial charge in [0.15, 0.2) is 33.0 Å². The lowest BCUT2D eigenvalue weighted by molar-refractivity contribution is -0.169. The zero-order chi connectivity index (χ0) is 30.3. The minimum absolute atomic E-state index is 0.0624. The average Bonchev–Trinajstić information content (AvgIpc) is 3.37. The maximum absolute atomic E-state index is 12.0. The molecule has 0 amide bonds. The quantitative estimate of drug-likeness (QED) is 0.109. The SMILES string of the molecule is COc1nc(N)nc2c1nc(I)n2[C@@H]1O[C@H](COc2ccc3cc(O/[P+]([O-])=N/C(C)C(=O)O)ccc3n2)[C@@H](O)[C@@]1(C)O. The Morgan fingerprint density at radius 2 is 2.07 bits per heavy atom. The standard InChI is InChI=1S/C24H25IN7O9P/c1-10(20(34)35)31-42(37)41-12-5-6-13-11(8-12)4-7-15(27-13)39-9-14-17(33)24(2,36)21(40-14)32-18-16(28-22(32)25)19(38-3)30-23(26)29-18/h4-8,10,14,17,21,33,36H,9H2,1-3H3,(H,34,35)(H2,26,29,30)/t10?,14-,17-,21-,24-/m1/s1. The highest BCUT2D eigenvalue weighted by Gasteiger charge is 2.54. The first-order valence-corrected chi connectivity index (χ1v) is 14.5. The Morgan fingerprint density at radius 1 is 1.31 bits per heavy atom. The van der Waals surface area contributed by atoms with E-state index in [-0.39, 0.29) is 35.7 Å². The number of aromatic nitrogens is 5. The molecule has 1 aromatic carbocycles. The highest BCUT2D eigenvalue weighted by molar-refractivity contribution is 14.1. The highest BCUT2D eigenvalue weighted by atomic mass is 127. The molecule has 0 radical (unpaired) electrons. The van der Waals surface area contributed by atoms with Gasteiger partial charge in [-0.25, -0.2) is 14.8 Å². The highest BCUT2D eigenvalue weighted by Crippen LogP contribution is 2.41. The number of aliphatic hydroxyl groups excluding tert-OH is 1. The number of aliphatic carboxylic acids is 1. The van der Waals surface area contributed by atoms with E-state index >= 15 is 0 Å². The lowest BCUT2D eigenvalue weighted by Crippen LogP contribution is -2.45. The van der Waals surface area contributed by atoms with Crippen LogP contribution >= 0.6 is 30.8 Å². The van der Waals surface area contributed by atoms with Gasteiger partial charge in [0.25, 0.3) is 0 Å². The number of imidazole rings is 1. The fourth-order valence-electron chi connectivity index (χ4n) is 4.34. The van der Waals surface area contributed by atoms with E-state index in [9.17, 15) is 19.9 Å². The van der Waals surface area contributed by atoms with E-state index in [0.29, 0.717) is 20.3 Å². The van der Waals surface area contributed by atoms with Crippen molar-refractivity contribution in [3.63, 3.8) is 0 Å². The number of carboxylic acids is 1. The van der Waals surface area contributed by atoms with Crippen molar-refractivity contribution in [1.82, 2.24) is 24.5 Å². The molecule has 42 heavy (non-hydrogen) atoms. The second-order valence-corrected chi connectivity index (χ2v) is 11.3. The number of benzene rings is 1. The lowest BCUT2D eigenvalue weighted by atomic mass is 9.96. The van der Waals surface area contributed by atoms with Gasteiger partial charge >= 0.3 is 14.1 Å². The van der Waals surface area contributed by atoms with Crippen molar-refractivity contribution in [2.45, 2.75) is 43.9 Å². The van der Waals surface area contributed by atoms with Gasteiger partial charge in [-0.05, 0) is 38.1 Å². The summed E-state index contributed by atoms with van der Waals surface area (Å²) in [5.74, 6) is -0.670. The van der Waals surface area contributed by atoms with Crippen LogP contribution in [-0.4, -0.2) is 83.4 Å². The first-order valence-electron chi connectivity index (χ1n) is 12.3.